The standard InChI is InChI=1S/C22H21F2NO4/c1-14(11-19(23)24)13-29-22(28)18(12-15-7-3-2-4-8-15)25-20(26)16-9-5-6-10-17(16)21(25)27/h2-10,14,18-19H,11-13H2,1H3/t14?,18-/m0/s1. The molecule has 2 amide bonds. The number of ether oxygens (including phenoxy) is 1. The van der Waals surface area contributed by atoms with Crippen molar-refractivity contribution in [1.82, 2.24) is 4.90 Å². The molecule has 0 aromatic heterocycles. The first-order valence-corrected chi connectivity index (χ1v) is 9.34. The maximum Gasteiger partial charge on any atom is 0.329 e. The molecule has 152 valence electrons. The molecule has 7 heteroatoms. The summed E-state index contributed by atoms with van der Waals surface area (Å²) in [5.74, 6) is -2.46. The number of carbonyl (C=O) groups excluding carboxylic acids is 3. The summed E-state index contributed by atoms with van der Waals surface area (Å²) in [4.78, 5) is 39.4. The minimum absolute atomic E-state index is 0.0777. The summed E-state index contributed by atoms with van der Waals surface area (Å²) in [5.41, 5.74) is 1.20. The van der Waals surface area contributed by atoms with Gasteiger partial charge in [0.05, 0.1) is 17.7 Å². The van der Waals surface area contributed by atoms with Crippen LogP contribution in [-0.4, -0.2) is 41.8 Å². The first kappa shape index (κ1) is 20.6. The number of amides is 2. The molecule has 2 atom stereocenters. The van der Waals surface area contributed by atoms with Crippen LogP contribution in [0.2, 0.25) is 0 Å². The predicted molar refractivity (Wildman–Crippen MR) is 102 cm³/mol. The van der Waals surface area contributed by atoms with E-state index in [1.807, 2.05) is 6.07 Å². The lowest BCUT2D eigenvalue weighted by molar-refractivity contribution is -0.150. The Morgan fingerprint density at radius 3 is 2.07 bits per heavy atom. The molecule has 0 bridgehead atoms. The van der Waals surface area contributed by atoms with E-state index in [2.05, 4.69) is 0 Å². The van der Waals surface area contributed by atoms with E-state index in [9.17, 15) is 23.2 Å². The Labute approximate surface area is 167 Å². The monoisotopic (exact) mass is 401 g/mol. The lowest BCUT2D eigenvalue weighted by atomic mass is 10.0. The fourth-order valence-corrected chi connectivity index (χ4v) is 3.30. The Balaban J connectivity index is 1.83. The van der Waals surface area contributed by atoms with E-state index in [4.69, 9.17) is 4.74 Å². The van der Waals surface area contributed by atoms with Gasteiger partial charge in [0.15, 0.2) is 0 Å². The van der Waals surface area contributed by atoms with E-state index in [1.165, 1.54) is 12.1 Å². The normalized spacial score (nSPS) is 15.4. The predicted octanol–water partition coefficient (Wildman–Crippen LogP) is 3.73. The molecule has 0 aliphatic carbocycles. The van der Waals surface area contributed by atoms with Crippen LogP contribution in [0.5, 0.6) is 0 Å². The average molecular weight is 401 g/mol. The number of hydrogen-bond donors (Lipinski definition) is 0. The van der Waals surface area contributed by atoms with E-state index >= 15 is 0 Å². The topological polar surface area (TPSA) is 63.7 Å². The number of alkyl halides is 2. The van der Waals surface area contributed by atoms with Gasteiger partial charge in [-0.1, -0.05) is 49.4 Å². The number of fused-ring (bicyclic) bond motifs is 1. The molecule has 0 saturated heterocycles. The largest absolute Gasteiger partial charge is 0.464 e. The lowest BCUT2D eigenvalue weighted by Gasteiger charge is -2.25. The SMILES string of the molecule is CC(COC(=O)[C@H](Cc1ccccc1)N1C(=O)c2ccccc2C1=O)CC(F)F. The van der Waals surface area contributed by atoms with E-state index in [1.54, 1.807) is 43.3 Å². The van der Waals surface area contributed by atoms with Gasteiger partial charge in [0.25, 0.3) is 11.8 Å². The van der Waals surface area contributed by atoms with Gasteiger partial charge in [0.2, 0.25) is 6.43 Å². The number of carbonyl (C=O) groups is 3. The highest BCUT2D eigenvalue weighted by Crippen LogP contribution is 2.26. The highest BCUT2D eigenvalue weighted by molar-refractivity contribution is 6.22. The zero-order valence-electron chi connectivity index (χ0n) is 15.9. The Bertz CT molecular complexity index is 866. The van der Waals surface area contributed by atoms with Crippen molar-refractivity contribution in [1.29, 1.82) is 0 Å². The molecule has 0 saturated carbocycles. The Morgan fingerprint density at radius 2 is 1.52 bits per heavy atom. The highest BCUT2D eigenvalue weighted by Gasteiger charge is 2.43. The molecule has 0 spiro atoms. The molecule has 0 fully saturated rings. The molecule has 2 aromatic carbocycles. The molecule has 0 N–H and O–H groups in total. The van der Waals surface area contributed by atoms with Crippen LogP contribution >= 0.6 is 0 Å². The van der Waals surface area contributed by atoms with E-state index < -0.39 is 42.6 Å². The third-order valence-electron chi connectivity index (χ3n) is 4.77. The Morgan fingerprint density at radius 1 is 0.966 bits per heavy atom. The molecule has 1 unspecified atom stereocenters. The van der Waals surface area contributed by atoms with Crippen LogP contribution in [0.15, 0.2) is 54.6 Å². The van der Waals surface area contributed by atoms with E-state index in [0.717, 1.165) is 10.5 Å². The summed E-state index contributed by atoms with van der Waals surface area (Å²) < 4.78 is 30.3. The van der Waals surface area contributed by atoms with Crippen molar-refractivity contribution in [2.75, 3.05) is 6.61 Å². The summed E-state index contributed by atoms with van der Waals surface area (Å²) in [6.07, 6.45) is -2.82. The molecule has 1 aliphatic rings. The van der Waals surface area contributed by atoms with Crippen LogP contribution in [-0.2, 0) is 16.0 Å². The fraction of sp³-hybridized carbons (Fsp3) is 0.318. The molecule has 29 heavy (non-hydrogen) atoms. The van der Waals surface area contributed by atoms with Crippen molar-refractivity contribution >= 4 is 17.8 Å². The Kier molecular flexibility index (Phi) is 6.36. The number of imide groups is 1. The third kappa shape index (κ3) is 4.67. The molecular weight excluding hydrogens is 380 g/mol. The average Bonchev–Trinajstić information content (AvgIpc) is 2.95. The first-order valence-electron chi connectivity index (χ1n) is 9.34. The van der Waals surface area contributed by atoms with Gasteiger partial charge in [-0.15, -0.1) is 0 Å². The molecule has 0 radical (unpaired) electrons. The molecule has 1 heterocycles. The lowest BCUT2D eigenvalue weighted by Crippen LogP contribution is -2.47. The molecule has 3 rings (SSSR count). The highest BCUT2D eigenvalue weighted by atomic mass is 19.3. The van der Waals surface area contributed by atoms with Crippen LogP contribution in [0.3, 0.4) is 0 Å². The van der Waals surface area contributed by atoms with Crippen molar-refractivity contribution in [3.05, 3.63) is 71.3 Å². The maximum atomic E-state index is 12.8. The van der Waals surface area contributed by atoms with Crippen molar-refractivity contribution in [3.63, 3.8) is 0 Å². The van der Waals surface area contributed by atoms with Crippen LogP contribution < -0.4 is 0 Å². The van der Waals surface area contributed by atoms with Crippen LogP contribution in [0.25, 0.3) is 0 Å². The second-order valence-electron chi connectivity index (χ2n) is 7.09. The zero-order valence-corrected chi connectivity index (χ0v) is 15.9. The van der Waals surface area contributed by atoms with Gasteiger partial charge in [0, 0.05) is 12.8 Å². The van der Waals surface area contributed by atoms with Crippen LogP contribution in [0.4, 0.5) is 8.78 Å². The van der Waals surface area contributed by atoms with Crippen molar-refractivity contribution in [2.24, 2.45) is 5.92 Å². The number of halogens is 2. The maximum absolute atomic E-state index is 12.8. The van der Waals surface area contributed by atoms with Crippen LogP contribution in [0.1, 0.15) is 39.6 Å². The van der Waals surface area contributed by atoms with Gasteiger partial charge in [-0.3, -0.25) is 14.5 Å². The summed E-state index contributed by atoms with van der Waals surface area (Å²) in [7, 11) is 0. The van der Waals surface area contributed by atoms with E-state index in [-0.39, 0.29) is 24.2 Å². The van der Waals surface area contributed by atoms with Crippen molar-refractivity contribution in [2.45, 2.75) is 32.2 Å². The summed E-state index contributed by atoms with van der Waals surface area (Å²) >= 11 is 0. The summed E-state index contributed by atoms with van der Waals surface area (Å²) in [5, 5.41) is 0. The first-order chi connectivity index (χ1) is 13.9. The quantitative estimate of drug-likeness (QED) is 0.500. The molecule has 5 nitrogen and oxygen atoms in total. The van der Waals surface area contributed by atoms with Gasteiger partial charge in [-0.05, 0) is 23.6 Å². The minimum Gasteiger partial charge on any atom is -0.464 e. The van der Waals surface area contributed by atoms with E-state index in [0.29, 0.717) is 0 Å². The summed E-state index contributed by atoms with van der Waals surface area (Å²) in [6.45, 7) is 1.34. The fourth-order valence-electron chi connectivity index (χ4n) is 3.30. The number of benzene rings is 2. The van der Waals surface area contributed by atoms with Gasteiger partial charge in [-0.25, -0.2) is 13.6 Å². The second kappa shape index (κ2) is 8.94. The van der Waals surface area contributed by atoms with Crippen LogP contribution in [0, 0.1) is 5.92 Å². The molecule has 1 aliphatic heterocycles. The second-order valence-corrected chi connectivity index (χ2v) is 7.09. The third-order valence-corrected chi connectivity index (χ3v) is 4.77. The van der Waals surface area contributed by atoms with Gasteiger partial charge in [0.1, 0.15) is 6.04 Å². The Hall–Kier alpha value is -3.09. The smallest absolute Gasteiger partial charge is 0.329 e. The number of esters is 1. The zero-order chi connectivity index (χ0) is 21.0. The van der Waals surface area contributed by atoms with Gasteiger partial charge in [-0.2, -0.15) is 0 Å². The minimum atomic E-state index is -2.50. The van der Waals surface area contributed by atoms with Crippen molar-refractivity contribution in [3.8, 4) is 0 Å². The molecular formula is C22H21F2NO4. The number of hydrogen-bond acceptors (Lipinski definition) is 4. The molecule has 2 aromatic rings. The number of rotatable bonds is 8. The van der Waals surface area contributed by atoms with Gasteiger partial charge >= 0.3 is 5.97 Å². The number of nitrogens with zero attached hydrogens (tertiary/aromatic N) is 1. The summed E-state index contributed by atoms with van der Waals surface area (Å²) in [6, 6.07) is 14.1. The van der Waals surface area contributed by atoms with Gasteiger partial charge < -0.3 is 4.74 Å². The van der Waals surface area contributed by atoms with Crippen molar-refractivity contribution < 1.29 is 27.9 Å².